The zero-order valence-electron chi connectivity index (χ0n) is 12.3. The van der Waals surface area contributed by atoms with Crippen molar-refractivity contribution in [2.45, 2.75) is 65.5 Å². The predicted molar refractivity (Wildman–Crippen MR) is 74.0 cm³/mol. The maximum atomic E-state index is 11.8. The third-order valence-corrected chi connectivity index (χ3v) is 3.32. The van der Waals surface area contributed by atoms with Crippen molar-refractivity contribution in [2.24, 2.45) is 11.3 Å². The molecule has 0 radical (unpaired) electrons. The lowest BCUT2D eigenvalue weighted by Gasteiger charge is -2.34. The highest BCUT2D eigenvalue weighted by molar-refractivity contribution is 5.76. The molecule has 0 aliphatic heterocycles. The van der Waals surface area contributed by atoms with Crippen LogP contribution in [0.1, 0.15) is 53.4 Å². The number of hydrogen-bond acceptors (Lipinski definition) is 2. The van der Waals surface area contributed by atoms with Crippen molar-refractivity contribution in [1.82, 2.24) is 10.6 Å². The number of carboxylic acid groups (broad SMARTS) is 1. The van der Waals surface area contributed by atoms with Crippen LogP contribution in [-0.4, -0.2) is 29.2 Å². The molecule has 3 N–H and O–H groups in total. The highest BCUT2D eigenvalue weighted by Crippen LogP contribution is 2.26. The fourth-order valence-electron chi connectivity index (χ4n) is 2.56. The van der Waals surface area contributed by atoms with Gasteiger partial charge in [-0.1, -0.05) is 27.7 Å². The molecule has 110 valence electrons. The second-order valence-electron chi connectivity index (χ2n) is 6.95. The molecule has 0 aromatic rings. The lowest BCUT2D eigenvalue weighted by molar-refractivity contribution is -0.137. The lowest BCUT2D eigenvalue weighted by atomic mass is 9.82. The van der Waals surface area contributed by atoms with E-state index in [-0.39, 0.29) is 30.0 Å². The molecular formula is C14H26N2O3. The highest BCUT2D eigenvalue weighted by atomic mass is 16.4. The monoisotopic (exact) mass is 270 g/mol. The minimum atomic E-state index is -0.883. The molecule has 1 saturated carbocycles. The van der Waals surface area contributed by atoms with E-state index in [0.29, 0.717) is 12.3 Å². The minimum Gasteiger partial charge on any atom is -0.481 e. The molecule has 0 aromatic carbocycles. The first-order chi connectivity index (χ1) is 8.65. The number of carboxylic acids is 1. The van der Waals surface area contributed by atoms with Crippen molar-refractivity contribution < 1.29 is 14.7 Å². The molecule has 5 heteroatoms. The maximum absolute atomic E-state index is 11.8. The molecule has 5 nitrogen and oxygen atoms in total. The summed E-state index contributed by atoms with van der Waals surface area (Å²) >= 11 is 0. The molecule has 1 aliphatic rings. The third kappa shape index (κ3) is 6.45. The summed E-state index contributed by atoms with van der Waals surface area (Å²) in [6.07, 6.45) is 2.63. The maximum Gasteiger partial charge on any atom is 0.315 e. The highest BCUT2D eigenvalue weighted by Gasteiger charge is 2.28. The summed E-state index contributed by atoms with van der Waals surface area (Å²) in [6.45, 7) is 8.27. The number of aliphatic carboxylic acids is 1. The van der Waals surface area contributed by atoms with Crippen molar-refractivity contribution in [2.75, 3.05) is 0 Å². The Morgan fingerprint density at radius 1 is 1.32 bits per heavy atom. The van der Waals surface area contributed by atoms with Gasteiger partial charge in [0.2, 0.25) is 0 Å². The minimum absolute atomic E-state index is 0.0155. The Morgan fingerprint density at radius 2 is 1.89 bits per heavy atom. The van der Waals surface area contributed by atoms with Gasteiger partial charge < -0.3 is 15.7 Å². The first kappa shape index (κ1) is 15.8. The van der Waals surface area contributed by atoms with Crippen molar-refractivity contribution in [3.63, 3.8) is 0 Å². The first-order valence-electron chi connectivity index (χ1n) is 6.94. The fraction of sp³-hybridized carbons (Fsp3) is 0.857. The van der Waals surface area contributed by atoms with Crippen LogP contribution < -0.4 is 10.6 Å². The second-order valence-corrected chi connectivity index (χ2v) is 6.95. The van der Waals surface area contributed by atoms with Gasteiger partial charge in [-0.3, -0.25) is 4.79 Å². The molecule has 19 heavy (non-hydrogen) atoms. The van der Waals surface area contributed by atoms with Crippen LogP contribution in [0.5, 0.6) is 0 Å². The van der Waals surface area contributed by atoms with Crippen molar-refractivity contribution in [1.29, 1.82) is 0 Å². The van der Waals surface area contributed by atoms with E-state index in [1.165, 1.54) is 0 Å². The number of hydrogen-bond donors (Lipinski definition) is 3. The van der Waals surface area contributed by atoms with Crippen molar-refractivity contribution in [3.05, 3.63) is 0 Å². The molecule has 1 aliphatic carbocycles. The van der Waals surface area contributed by atoms with Gasteiger partial charge >= 0.3 is 12.0 Å². The average molecular weight is 270 g/mol. The van der Waals surface area contributed by atoms with Crippen LogP contribution in [0.25, 0.3) is 0 Å². The van der Waals surface area contributed by atoms with E-state index < -0.39 is 5.97 Å². The van der Waals surface area contributed by atoms with E-state index in [2.05, 4.69) is 17.6 Å². The Bertz CT molecular complexity index is 330. The normalized spacial score (nSPS) is 24.2. The first-order valence-corrected chi connectivity index (χ1v) is 6.94. The number of rotatable bonds is 5. The van der Waals surface area contributed by atoms with Crippen molar-refractivity contribution >= 4 is 12.0 Å². The summed E-state index contributed by atoms with van der Waals surface area (Å²) in [5.74, 6) is -0.207. The molecular weight excluding hydrogens is 244 g/mol. The molecule has 1 atom stereocenters. The van der Waals surface area contributed by atoms with E-state index in [1.807, 2.05) is 20.8 Å². The number of carbonyl (C=O) groups is 2. The van der Waals surface area contributed by atoms with Crippen LogP contribution in [0.2, 0.25) is 0 Å². The molecule has 0 heterocycles. The van der Waals surface area contributed by atoms with Gasteiger partial charge in [-0.25, -0.2) is 4.79 Å². The lowest BCUT2D eigenvalue weighted by Crippen LogP contribution is -2.51. The van der Waals surface area contributed by atoms with Gasteiger partial charge in [-0.05, 0) is 30.6 Å². The smallest absolute Gasteiger partial charge is 0.315 e. The Kier molecular flexibility index (Phi) is 5.20. The quantitative estimate of drug-likeness (QED) is 0.717. The van der Waals surface area contributed by atoms with Crippen LogP contribution in [-0.2, 0) is 4.79 Å². The molecule has 2 amide bonds. The summed E-state index contributed by atoms with van der Waals surface area (Å²) in [7, 11) is 0. The average Bonchev–Trinajstić information content (AvgIpc) is 2.10. The number of amides is 2. The van der Waals surface area contributed by atoms with Crippen LogP contribution in [0.4, 0.5) is 4.79 Å². The van der Waals surface area contributed by atoms with Gasteiger partial charge in [0.05, 0.1) is 6.42 Å². The Labute approximate surface area is 115 Å². The van der Waals surface area contributed by atoms with Gasteiger partial charge in [0.15, 0.2) is 0 Å². The van der Waals surface area contributed by atoms with Gasteiger partial charge in [-0.2, -0.15) is 0 Å². The summed E-state index contributed by atoms with van der Waals surface area (Å²) in [5, 5.41) is 14.6. The predicted octanol–water partition coefficient (Wildman–Crippen LogP) is 2.36. The largest absolute Gasteiger partial charge is 0.481 e. The van der Waals surface area contributed by atoms with E-state index in [1.54, 1.807) is 0 Å². The summed E-state index contributed by atoms with van der Waals surface area (Å²) < 4.78 is 0. The Hall–Kier alpha value is -1.26. The van der Waals surface area contributed by atoms with E-state index in [9.17, 15) is 9.59 Å². The molecule has 0 saturated heterocycles. The zero-order chi connectivity index (χ0) is 14.6. The standard InChI is InChI=1S/C14H26N2O3/c1-9-5-10(6-9)15-13(19)16-11(7-12(17)18)8-14(2,3)4/h9-11H,5-8H2,1-4H3,(H,17,18)(H2,15,16,19). The van der Waals surface area contributed by atoms with Crippen LogP contribution >= 0.6 is 0 Å². The second kappa shape index (κ2) is 6.26. The Morgan fingerprint density at radius 3 is 2.32 bits per heavy atom. The number of urea groups is 1. The molecule has 0 aromatic heterocycles. The summed E-state index contributed by atoms with van der Waals surface area (Å²) in [5.41, 5.74) is -0.0155. The SMILES string of the molecule is CC1CC(NC(=O)NC(CC(=O)O)CC(C)(C)C)C1. The third-order valence-electron chi connectivity index (χ3n) is 3.32. The Balaban J connectivity index is 2.42. The van der Waals surface area contributed by atoms with Crippen LogP contribution in [0.15, 0.2) is 0 Å². The van der Waals surface area contributed by atoms with E-state index >= 15 is 0 Å². The zero-order valence-corrected chi connectivity index (χ0v) is 12.3. The molecule has 1 rings (SSSR count). The number of nitrogens with one attached hydrogen (secondary N) is 2. The van der Waals surface area contributed by atoms with Gasteiger partial charge in [0, 0.05) is 12.1 Å². The fourth-order valence-corrected chi connectivity index (χ4v) is 2.56. The van der Waals surface area contributed by atoms with Crippen LogP contribution in [0.3, 0.4) is 0 Å². The summed E-state index contributed by atoms with van der Waals surface area (Å²) in [6, 6.07) is -0.322. The molecule has 1 fully saturated rings. The summed E-state index contributed by atoms with van der Waals surface area (Å²) in [4.78, 5) is 22.7. The van der Waals surface area contributed by atoms with Gasteiger partial charge in [0.25, 0.3) is 0 Å². The van der Waals surface area contributed by atoms with Crippen molar-refractivity contribution in [3.8, 4) is 0 Å². The van der Waals surface area contributed by atoms with Crippen LogP contribution in [0, 0.1) is 11.3 Å². The van der Waals surface area contributed by atoms with E-state index in [0.717, 1.165) is 12.8 Å². The molecule has 0 spiro atoms. The topological polar surface area (TPSA) is 78.4 Å². The molecule has 1 unspecified atom stereocenters. The van der Waals surface area contributed by atoms with Gasteiger partial charge in [0.1, 0.15) is 0 Å². The van der Waals surface area contributed by atoms with Gasteiger partial charge in [-0.15, -0.1) is 0 Å². The molecule has 0 bridgehead atoms. The number of carbonyl (C=O) groups excluding carboxylic acids is 1. The van der Waals surface area contributed by atoms with E-state index in [4.69, 9.17) is 5.11 Å².